The lowest BCUT2D eigenvalue weighted by Gasteiger charge is -2.25. The van der Waals surface area contributed by atoms with Gasteiger partial charge in [0.15, 0.2) is 0 Å². The smallest absolute Gasteiger partial charge is 0.126 e. The number of hydrogen-bond donors (Lipinski definition) is 1. The second kappa shape index (κ2) is 6.85. The standard InChI is InChI=1S/C16H23BrFN/c1-3-19-16(12-5-4-11(2)8-12)10-13-9-14(17)6-7-15(13)18/h6-7,9,11-12,16,19H,3-5,8,10H2,1-2H3. The summed E-state index contributed by atoms with van der Waals surface area (Å²) in [7, 11) is 0. The van der Waals surface area contributed by atoms with E-state index in [-0.39, 0.29) is 5.82 Å². The normalized spacial score (nSPS) is 24.6. The van der Waals surface area contributed by atoms with E-state index < -0.39 is 0 Å². The molecule has 19 heavy (non-hydrogen) atoms. The Labute approximate surface area is 124 Å². The molecule has 0 bridgehead atoms. The van der Waals surface area contributed by atoms with E-state index in [1.807, 2.05) is 6.07 Å². The van der Waals surface area contributed by atoms with Crippen LogP contribution in [0.15, 0.2) is 22.7 Å². The van der Waals surface area contributed by atoms with Gasteiger partial charge in [0.05, 0.1) is 0 Å². The molecule has 0 spiro atoms. The van der Waals surface area contributed by atoms with Crippen molar-refractivity contribution in [2.45, 2.75) is 45.6 Å². The van der Waals surface area contributed by atoms with Gasteiger partial charge >= 0.3 is 0 Å². The fraction of sp³-hybridized carbons (Fsp3) is 0.625. The van der Waals surface area contributed by atoms with Crippen molar-refractivity contribution in [1.82, 2.24) is 5.32 Å². The fourth-order valence-electron chi connectivity index (χ4n) is 3.22. The molecule has 0 radical (unpaired) electrons. The molecule has 1 aliphatic rings. The number of benzene rings is 1. The first-order valence-electron chi connectivity index (χ1n) is 7.27. The Morgan fingerprint density at radius 2 is 2.21 bits per heavy atom. The molecule has 1 aromatic rings. The maximum Gasteiger partial charge on any atom is 0.126 e. The van der Waals surface area contributed by atoms with E-state index in [0.29, 0.717) is 12.0 Å². The quantitative estimate of drug-likeness (QED) is 0.836. The topological polar surface area (TPSA) is 12.0 Å². The van der Waals surface area contributed by atoms with Crippen molar-refractivity contribution >= 4 is 15.9 Å². The van der Waals surface area contributed by atoms with Crippen molar-refractivity contribution in [2.24, 2.45) is 11.8 Å². The first kappa shape index (κ1) is 15.0. The molecule has 1 nitrogen and oxygen atoms in total. The van der Waals surface area contributed by atoms with Gasteiger partial charge < -0.3 is 5.32 Å². The van der Waals surface area contributed by atoms with Crippen LogP contribution in [0.1, 0.15) is 38.7 Å². The van der Waals surface area contributed by atoms with Crippen molar-refractivity contribution in [3.63, 3.8) is 0 Å². The van der Waals surface area contributed by atoms with Crippen LogP contribution in [0.2, 0.25) is 0 Å². The Morgan fingerprint density at radius 1 is 1.42 bits per heavy atom. The minimum absolute atomic E-state index is 0.0860. The summed E-state index contributed by atoms with van der Waals surface area (Å²) < 4.78 is 14.8. The first-order chi connectivity index (χ1) is 9.10. The van der Waals surface area contributed by atoms with Gasteiger partial charge in [0.1, 0.15) is 5.82 Å². The van der Waals surface area contributed by atoms with Crippen molar-refractivity contribution in [3.8, 4) is 0 Å². The van der Waals surface area contributed by atoms with Crippen molar-refractivity contribution in [2.75, 3.05) is 6.54 Å². The summed E-state index contributed by atoms with van der Waals surface area (Å²) in [6.07, 6.45) is 4.64. The number of rotatable bonds is 5. The third-order valence-electron chi connectivity index (χ3n) is 4.22. The molecule has 1 saturated carbocycles. The lowest BCUT2D eigenvalue weighted by molar-refractivity contribution is 0.350. The highest BCUT2D eigenvalue weighted by Gasteiger charge is 2.28. The van der Waals surface area contributed by atoms with E-state index in [9.17, 15) is 4.39 Å². The maximum atomic E-state index is 13.9. The summed E-state index contributed by atoms with van der Waals surface area (Å²) in [6, 6.07) is 5.63. The Kier molecular flexibility index (Phi) is 5.40. The van der Waals surface area contributed by atoms with Crippen LogP contribution >= 0.6 is 15.9 Å². The van der Waals surface area contributed by atoms with Gasteiger partial charge in [-0.1, -0.05) is 36.2 Å². The highest BCUT2D eigenvalue weighted by Crippen LogP contribution is 2.34. The maximum absolute atomic E-state index is 13.9. The molecular weight excluding hydrogens is 305 g/mol. The van der Waals surface area contributed by atoms with Crippen molar-refractivity contribution < 1.29 is 4.39 Å². The monoisotopic (exact) mass is 327 g/mol. The van der Waals surface area contributed by atoms with Crippen LogP contribution in [0.4, 0.5) is 4.39 Å². The van der Waals surface area contributed by atoms with E-state index in [4.69, 9.17) is 0 Å². The van der Waals surface area contributed by atoms with Crippen LogP contribution < -0.4 is 5.32 Å². The number of likely N-dealkylation sites (N-methyl/N-ethyl adjacent to an activating group) is 1. The number of nitrogens with one attached hydrogen (secondary N) is 1. The van der Waals surface area contributed by atoms with E-state index in [1.165, 1.54) is 19.3 Å². The van der Waals surface area contributed by atoms with Crippen LogP contribution in [0, 0.1) is 17.7 Å². The number of hydrogen-bond acceptors (Lipinski definition) is 1. The molecule has 0 aliphatic heterocycles. The summed E-state index contributed by atoms with van der Waals surface area (Å²) in [6.45, 7) is 5.40. The Bertz CT molecular complexity index is 421. The average molecular weight is 328 g/mol. The predicted molar refractivity (Wildman–Crippen MR) is 81.8 cm³/mol. The second-order valence-electron chi connectivity index (χ2n) is 5.78. The molecule has 2 rings (SSSR count). The summed E-state index contributed by atoms with van der Waals surface area (Å²) in [5.41, 5.74) is 0.819. The summed E-state index contributed by atoms with van der Waals surface area (Å²) >= 11 is 3.43. The Balaban J connectivity index is 2.09. The van der Waals surface area contributed by atoms with Crippen LogP contribution in [-0.2, 0) is 6.42 Å². The zero-order valence-corrected chi connectivity index (χ0v) is 13.3. The summed E-state index contributed by atoms with van der Waals surface area (Å²) in [4.78, 5) is 0. The van der Waals surface area contributed by atoms with Crippen molar-refractivity contribution in [1.29, 1.82) is 0 Å². The van der Waals surface area contributed by atoms with E-state index in [1.54, 1.807) is 12.1 Å². The molecule has 0 saturated heterocycles. The molecule has 1 fully saturated rings. The molecule has 3 atom stereocenters. The first-order valence-corrected chi connectivity index (χ1v) is 8.06. The van der Waals surface area contributed by atoms with Crippen LogP contribution in [0.3, 0.4) is 0 Å². The Morgan fingerprint density at radius 3 is 2.84 bits per heavy atom. The van der Waals surface area contributed by atoms with Gasteiger partial charge in [0.2, 0.25) is 0 Å². The largest absolute Gasteiger partial charge is 0.314 e. The lowest BCUT2D eigenvalue weighted by Crippen LogP contribution is -2.37. The van der Waals surface area contributed by atoms with Gasteiger partial charge in [0, 0.05) is 10.5 Å². The van der Waals surface area contributed by atoms with Gasteiger partial charge in [-0.2, -0.15) is 0 Å². The fourth-order valence-corrected chi connectivity index (χ4v) is 3.63. The average Bonchev–Trinajstić information content (AvgIpc) is 2.80. The van der Waals surface area contributed by atoms with Gasteiger partial charge in [-0.05, 0) is 61.4 Å². The molecule has 0 amide bonds. The minimum Gasteiger partial charge on any atom is -0.314 e. The van der Waals surface area contributed by atoms with E-state index in [0.717, 1.165) is 28.9 Å². The molecular formula is C16H23BrFN. The van der Waals surface area contributed by atoms with Gasteiger partial charge in [0.25, 0.3) is 0 Å². The Hall–Kier alpha value is -0.410. The third kappa shape index (κ3) is 4.03. The van der Waals surface area contributed by atoms with Crippen LogP contribution in [-0.4, -0.2) is 12.6 Å². The number of halogens is 2. The van der Waals surface area contributed by atoms with Gasteiger partial charge in [-0.15, -0.1) is 0 Å². The SMILES string of the molecule is CCNC(Cc1cc(Br)ccc1F)C1CCC(C)C1. The second-order valence-corrected chi connectivity index (χ2v) is 6.70. The molecule has 3 heteroatoms. The van der Waals surface area contributed by atoms with Crippen LogP contribution in [0.25, 0.3) is 0 Å². The minimum atomic E-state index is -0.0860. The third-order valence-corrected chi connectivity index (χ3v) is 4.71. The molecule has 1 aliphatic carbocycles. The van der Waals surface area contributed by atoms with E-state index >= 15 is 0 Å². The zero-order chi connectivity index (χ0) is 13.8. The van der Waals surface area contributed by atoms with Crippen molar-refractivity contribution in [3.05, 3.63) is 34.1 Å². The molecule has 3 unspecified atom stereocenters. The highest BCUT2D eigenvalue weighted by atomic mass is 79.9. The molecule has 1 N–H and O–H groups in total. The van der Waals surface area contributed by atoms with Gasteiger partial charge in [-0.3, -0.25) is 0 Å². The predicted octanol–water partition coefficient (Wildman–Crippen LogP) is 4.55. The molecule has 0 aromatic heterocycles. The molecule has 0 heterocycles. The van der Waals surface area contributed by atoms with Gasteiger partial charge in [-0.25, -0.2) is 4.39 Å². The summed E-state index contributed by atoms with van der Waals surface area (Å²) in [5, 5.41) is 3.56. The zero-order valence-electron chi connectivity index (χ0n) is 11.8. The lowest BCUT2D eigenvalue weighted by atomic mass is 9.91. The van der Waals surface area contributed by atoms with E-state index in [2.05, 4.69) is 35.1 Å². The highest BCUT2D eigenvalue weighted by molar-refractivity contribution is 9.10. The molecule has 1 aromatic carbocycles. The van der Waals surface area contributed by atoms with Crippen LogP contribution in [0.5, 0.6) is 0 Å². The molecule has 106 valence electrons. The summed E-state index contributed by atoms with van der Waals surface area (Å²) in [5.74, 6) is 1.42.